The smallest absolute Gasteiger partial charge is 0.0570 e. The third-order valence-electron chi connectivity index (χ3n) is 2.65. The topological polar surface area (TPSA) is 52.8 Å². The summed E-state index contributed by atoms with van der Waals surface area (Å²) < 4.78 is 0. The first-order valence-electron chi connectivity index (χ1n) is 5.21. The van der Waals surface area contributed by atoms with Gasteiger partial charge in [-0.2, -0.15) is 0 Å². The zero-order valence-corrected chi connectivity index (χ0v) is 8.08. The summed E-state index contributed by atoms with van der Waals surface area (Å²) in [5.74, 6) is 0. The second-order valence-corrected chi connectivity index (χ2v) is 3.81. The second-order valence-electron chi connectivity index (χ2n) is 3.81. The summed E-state index contributed by atoms with van der Waals surface area (Å²) in [7, 11) is 0. The van der Waals surface area contributed by atoms with E-state index in [1.165, 1.54) is 0 Å². The molecule has 0 amide bonds. The van der Waals surface area contributed by atoms with E-state index in [4.69, 9.17) is 5.21 Å². The van der Waals surface area contributed by atoms with Crippen molar-refractivity contribution >= 4 is 5.71 Å². The maximum Gasteiger partial charge on any atom is 0.0570 e. The molecule has 0 radical (unpaired) electrons. The number of aliphatic hydroxyl groups excluding tert-OH is 1. The van der Waals surface area contributed by atoms with Crippen LogP contribution in [0.5, 0.6) is 0 Å². The van der Waals surface area contributed by atoms with Crippen molar-refractivity contribution in [3.05, 3.63) is 0 Å². The maximum atomic E-state index is 9.47. The van der Waals surface area contributed by atoms with Crippen LogP contribution in [0.2, 0.25) is 0 Å². The molecular formula is C10H19NO2. The van der Waals surface area contributed by atoms with Crippen LogP contribution in [0.15, 0.2) is 5.16 Å². The first-order chi connectivity index (χ1) is 6.33. The number of nitrogens with zero attached hydrogens (tertiary/aromatic N) is 1. The summed E-state index contributed by atoms with van der Waals surface area (Å²) in [6, 6.07) is 0. The minimum Gasteiger partial charge on any atom is -0.411 e. The number of hydrogen-bond donors (Lipinski definition) is 2. The molecule has 0 aromatic rings. The Hall–Kier alpha value is -0.570. The van der Waals surface area contributed by atoms with Crippen LogP contribution in [-0.4, -0.2) is 22.1 Å². The molecule has 0 heterocycles. The van der Waals surface area contributed by atoms with Crippen LogP contribution < -0.4 is 0 Å². The van der Waals surface area contributed by atoms with Gasteiger partial charge in [-0.25, -0.2) is 0 Å². The van der Waals surface area contributed by atoms with Gasteiger partial charge in [0.15, 0.2) is 0 Å². The monoisotopic (exact) mass is 185 g/mol. The van der Waals surface area contributed by atoms with Gasteiger partial charge in [-0.15, -0.1) is 0 Å². The molecule has 76 valence electrons. The number of rotatable bonds is 0. The molecule has 3 heteroatoms. The normalized spacial score (nSPS) is 26.8. The average Bonchev–Trinajstić information content (AvgIpc) is 2.16. The highest BCUT2D eigenvalue weighted by atomic mass is 16.4. The van der Waals surface area contributed by atoms with Crippen LogP contribution in [0.3, 0.4) is 0 Å². The molecule has 0 aliphatic heterocycles. The zero-order chi connectivity index (χ0) is 9.52. The van der Waals surface area contributed by atoms with Crippen LogP contribution in [-0.2, 0) is 0 Å². The van der Waals surface area contributed by atoms with Gasteiger partial charge in [-0.1, -0.05) is 18.0 Å². The molecule has 1 fully saturated rings. The van der Waals surface area contributed by atoms with Crippen molar-refractivity contribution in [2.45, 2.75) is 57.5 Å². The van der Waals surface area contributed by atoms with Gasteiger partial charge in [0.2, 0.25) is 0 Å². The molecule has 0 aromatic carbocycles. The summed E-state index contributed by atoms with van der Waals surface area (Å²) in [5, 5.41) is 21.4. The first-order valence-corrected chi connectivity index (χ1v) is 5.21. The molecular weight excluding hydrogens is 166 g/mol. The lowest BCUT2D eigenvalue weighted by Crippen LogP contribution is -2.09. The average molecular weight is 185 g/mol. The fraction of sp³-hybridized carbons (Fsp3) is 0.900. The molecule has 0 spiro atoms. The fourth-order valence-corrected chi connectivity index (χ4v) is 1.79. The van der Waals surface area contributed by atoms with Crippen LogP contribution >= 0.6 is 0 Å². The lowest BCUT2D eigenvalue weighted by Gasteiger charge is -2.13. The van der Waals surface area contributed by atoms with Crippen LogP contribution in [0.4, 0.5) is 0 Å². The van der Waals surface area contributed by atoms with Gasteiger partial charge in [0.25, 0.3) is 0 Å². The summed E-state index contributed by atoms with van der Waals surface area (Å²) in [6.07, 6.45) is 7.64. The quantitative estimate of drug-likeness (QED) is 0.449. The van der Waals surface area contributed by atoms with Gasteiger partial charge < -0.3 is 10.3 Å². The molecule has 1 aliphatic rings. The molecule has 0 unspecified atom stereocenters. The van der Waals surface area contributed by atoms with Gasteiger partial charge in [-0.05, 0) is 38.5 Å². The van der Waals surface area contributed by atoms with E-state index >= 15 is 0 Å². The van der Waals surface area contributed by atoms with Crippen molar-refractivity contribution < 1.29 is 10.3 Å². The third-order valence-corrected chi connectivity index (χ3v) is 2.65. The Morgan fingerprint density at radius 2 is 1.54 bits per heavy atom. The highest BCUT2D eigenvalue weighted by molar-refractivity contribution is 5.83. The minimum absolute atomic E-state index is 0.104. The predicted octanol–water partition coefficient (Wildman–Crippen LogP) is 2.31. The van der Waals surface area contributed by atoms with E-state index in [0.717, 1.165) is 57.1 Å². The molecule has 0 aromatic heterocycles. The van der Waals surface area contributed by atoms with E-state index in [9.17, 15) is 5.11 Å². The van der Waals surface area contributed by atoms with Gasteiger partial charge in [0.1, 0.15) is 0 Å². The summed E-state index contributed by atoms with van der Waals surface area (Å²) >= 11 is 0. The van der Waals surface area contributed by atoms with Crippen molar-refractivity contribution in [3.8, 4) is 0 Å². The minimum atomic E-state index is -0.104. The molecule has 0 atom stereocenters. The van der Waals surface area contributed by atoms with Crippen molar-refractivity contribution in [3.63, 3.8) is 0 Å². The highest BCUT2D eigenvalue weighted by Gasteiger charge is 2.08. The largest absolute Gasteiger partial charge is 0.411 e. The lowest BCUT2D eigenvalue weighted by molar-refractivity contribution is 0.147. The Morgan fingerprint density at radius 1 is 1.00 bits per heavy atom. The molecule has 1 saturated carbocycles. The number of aliphatic hydroxyl groups is 1. The lowest BCUT2D eigenvalue weighted by atomic mass is 9.98. The third kappa shape index (κ3) is 4.27. The SMILES string of the molecule is ON=C1CCCCC(O)CCCC1. The van der Waals surface area contributed by atoms with E-state index in [0.29, 0.717) is 0 Å². The summed E-state index contributed by atoms with van der Waals surface area (Å²) in [6.45, 7) is 0. The van der Waals surface area contributed by atoms with Crippen molar-refractivity contribution in [2.24, 2.45) is 5.16 Å². The van der Waals surface area contributed by atoms with Crippen molar-refractivity contribution in [2.75, 3.05) is 0 Å². The predicted molar refractivity (Wildman–Crippen MR) is 52.2 cm³/mol. The maximum absolute atomic E-state index is 9.47. The molecule has 2 N–H and O–H groups in total. The van der Waals surface area contributed by atoms with Crippen molar-refractivity contribution in [1.82, 2.24) is 0 Å². The first kappa shape index (κ1) is 10.5. The number of hydrogen-bond acceptors (Lipinski definition) is 3. The molecule has 1 rings (SSSR count). The second kappa shape index (κ2) is 5.97. The Kier molecular flexibility index (Phi) is 4.83. The number of oxime groups is 1. The van der Waals surface area contributed by atoms with E-state index in [1.807, 2.05) is 0 Å². The van der Waals surface area contributed by atoms with Crippen LogP contribution in [0, 0.1) is 0 Å². The Morgan fingerprint density at radius 3 is 2.00 bits per heavy atom. The van der Waals surface area contributed by atoms with Crippen LogP contribution in [0.1, 0.15) is 51.4 Å². The van der Waals surface area contributed by atoms with Crippen molar-refractivity contribution in [1.29, 1.82) is 0 Å². The molecule has 0 bridgehead atoms. The Labute approximate surface area is 79.5 Å². The van der Waals surface area contributed by atoms with E-state index in [2.05, 4.69) is 5.16 Å². The van der Waals surface area contributed by atoms with Crippen LogP contribution in [0.25, 0.3) is 0 Å². The fourth-order valence-electron chi connectivity index (χ4n) is 1.79. The molecule has 3 nitrogen and oxygen atoms in total. The highest BCUT2D eigenvalue weighted by Crippen LogP contribution is 2.15. The Bertz CT molecular complexity index is 154. The van der Waals surface area contributed by atoms with Gasteiger partial charge in [-0.3, -0.25) is 0 Å². The zero-order valence-electron chi connectivity index (χ0n) is 8.08. The van der Waals surface area contributed by atoms with E-state index in [-0.39, 0.29) is 6.10 Å². The van der Waals surface area contributed by atoms with Gasteiger partial charge >= 0.3 is 0 Å². The molecule has 1 aliphatic carbocycles. The van der Waals surface area contributed by atoms with Gasteiger partial charge in [0.05, 0.1) is 11.8 Å². The standard InChI is InChI=1S/C10H19NO2/c12-10-7-3-1-5-9(11-13)6-2-4-8-10/h10,12-13H,1-8H2. The van der Waals surface area contributed by atoms with E-state index in [1.54, 1.807) is 0 Å². The molecule has 13 heavy (non-hydrogen) atoms. The van der Waals surface area contributed by atoms with Gasteiger partial charge in [0, 0.05) is 0 Å². The summed E-state index contributed by atoms with van der Waals surface area (Å²) in [4.78, 5) is 0. The Balaban J connectivity index is 2.32. The molecule has 0 saturated heterocycles. The summed E-state index contributed by atoms with van der Waals surface area (Å²) in [5.41, 5.74) is 0.927. The van der Waals surface area contributed by atoms with E-state index < -0.39 is 0 Å².